The molecule has 4 nitrogen and oxygen atoms in total. The van der Waals surface area contributed by atoms with Crippen LogP contribution in [0.4, 0.5) is 0 Å². The maximum atomic E-state index is 5.73. The minimum Gasteiger partial charge on any atom is -0.377 e. The van der Waals surface area contributed by atoms with Crippen molar-refractivity contribution in [1.29, 1.82) is 0 Å². The number of aromatic nitrogens is 1. The maximum Gasteiger partial charge on any atom is 0.0777 e. The number of piperidine rings is 1. The summed E-state index contributed by atoms with van der Waals surface area (Å²) in [5.74, 6) is 0. The third-order valence-electron chi connectivity index (χ3n) is 3.80. The minimum absolute atomic E-state index is 0.0106. The summed E-state index contributed by atoms with van der Waals surface area (Å²) in [6.45, 7) is 5.71. The molecule has 100 valence electrons. The molecule has 1 aromatic rings. The van der Waals surface area contributed by atoms with E-state index in [4.69, 9.17) is 10.5 Å². The Bertz CT molecular complexity index is 396. The molecule has 0 amide bonds. The normalized spacial score (nSPS) is 25.3. The van der Waals surface area contributed by atoms with Crippen LogP contribution in [-0.2, 0) is 17.8 Å². The van der Waals surface area contributed by atoms with Crippen LogP contribution in [0.15, 0.2) is 18.3 Å². The van der Waals surface area contributed by atoms with Crippen molar-refractivity contribution in [3.05, 3.63) is 29.6 Å². The number of likely N-dealkylation sites (tertiary alicyclic amines) is 1. The zero-order valence-electron chi connectivity index (χ0n) is 11.4. The van der Waals surface area contributed by atoms with E-state index >= 15 is 0 Å². The molecule has 0 aliphatic carbocycles. The summed E-state index contributed by atoms with van der Waals surface area (Å²) >= 11 is 0. The van der Waals surface area contributed by atoms with Crippen molar-refractivity contribution >= 4 is 0 Å². The Morgan fingerprint density at radius 1 is 1.56 bits per heavy atom. The van der Waals surface area contributed by atoms with Gasteiger partial charge in [0.1, 0.15) is 0 Å². The predicted molar refractivity (Wildman–Crippen MR) is 72.1 cm³/mol. The van der Waals surface area contributed by atoms with Crippen LogP contribution in [0.2, 0.25) is 0 Å². The topological polar surface area (TPSA) is 51.4 Å². The number of nitrogens with two attached hydrogens (primary N) is 1. The molecular weight excluding hydrogens is 226 g/mol. The van der Waals surface area contributed by atoms with E-state index in [-0.39, 0.29) is 5.60 Å². The molecule has 4 heteroatoms. The van der Waals surface area contributed by atoms with Crippen molar-refractivity contribution in [2.24, 2.45) is 5.73 Å². The number of methoxy groups -OCH3 is 1. The lowest BCUT2D eigenvalue weighted by atomic mass is 9.94. The van der Waals surface area contributed by atoms with Gasteiger partial charge in [-0.25, -0.2) is 0 Å². The molecule has 1 aromatic heterocycles. The lowest BCUT2D eigenvalue weighted by Crippen LogP contribution is -2.47. The lowest BCUT2D eigenvalue weighted by molar-refractivity contribution is -0.0527. The fourth-order valence-corrected chi connectivity index (χ4v) is 2.65. The van der Waals surface area contributed by atoms with Gasteiger partial charge >= 0.3 is 0 Å². The van der Waals surface area contributed by atoms with Gasteiger partial charge in [0, 0.05) is 32.9 Å². The van der Waals surface area contributed by atoms with Gasteiger partial charge in [0.25, 0.3) is 0 Å². The van der Waals surface area contributed by atoms with E-state index in [1.54, 1.807) is 13.3 Å². The summed E-state index contributed by atoms with van der Waals surface area (Å²) < 4.78 is 5.62. The van der Waals surface area contributed by atoms with Crippen molar-refractivity contribution in [2.75, 3.05) is 20.2 Å². The Kier molecular flexibility index (Phi) is 4.32. The van der Waals surface area contributed by atoms with E-state index in [1.807, 2.05) is 6.07 Å². The number of pyridine rings is 1. The van der Waals surface area contributed by atoms with Crippen LogP contribution in [0, 0.1) is 0 Å². The Labute approximate surface area is 109 Å². The highest BCUT2D eigenvalue weighted by Crippen LogP contribution is 2.25. The molecule has 0 saturated carbocycles. The van der Waals surface area contributed by atoms with Crippen molar-refractivity contribution < 1.29 is 4.74 Å². The summed E-state index contributed by atoms with van der Waals surface area (Å²) in [4.78, 5) is 6.77. The molecule has 0 aromatic carbocycles. The van der Waals surface area contributed by atoms with E-state index < -0.39 is 0 Å². The van der Waals surface area contributed by atoms with Gasteiger partial charge in [0.15, 0.2) is 0 Å². The first kappa shape index (κ1) is 13.5. The standard InChI is InChI=1S/C14H23N3O/c1-14(18-2)6-4-8-17(11-14)10-12-5-3-7-16-13(12)9-15/h3,5,7H,4,6,8-11,15H2,1-2H3. The summed E-state index contributed by atoms with van der Waals surface area (Å²) in [6.07, 6.45) is 4.13. The third kappa shape index (κ3) is 3.07. The summed E-state index contributed by atoms with van der Waals surface area (Å²) in [7, 11) is 1.80. The molecule has 1 fully saturated rings. The van der Waals surface area contributed by atoms with E-state index in [9.17, 15) is 0 Å². The van der Waals surface area contributed by atoms with Gasteiger partial charge in [-0.05, 0) is 37.9 Å². The summed E-state index contributed by atoms with van der Waals surface area (Å²) in [6, 6.07) is 4.10. The first-order chi connectivity index (χ1) is 8.67. The fourth-order valence-electron chi connectivity index (χ4n) is 2.65. The van der Waals surface area contributed by atoms with Gasteiger partial charge < -0.3 is 10.5 Å². The van der Waals surface area contributed by atoms with Gasteiger partial charge in [0.05, 0.1) is 11.3 Å². The molecular formula is C14H23N3O. The van der Waals surface area contributed by atoms with Crippen LogP contribution >= 0.6 is 0 Å². The number of ether oxygens (including phenoxy) is 1. The average Bonchev–Trinajstić information content (AvgIpc) is 2.39. The number of hydrogen-bond donors (Lipinski definition) is 1. The third-order valence-corrected chi connectivity index (χ3v) is 3.80. The molecule has 18 heavy (non-hydrogen) atoms. The largest absolute Gasteiger partial charge is 0.377 e. The predicted octanol–water partition coefficient (Wildman–Crippen LogP) is 1.54. The van der Waals surface area contributed by atoms with Gasteiger partial charge in [0.2, 0.25) is 0 Å². The highest BCUT2D eigenvalue weighted by atomic mass is 16.5. The Balaban J connectivity index is 2.05. The van der Waals surface area contributed by atoms with Crippen LogP contribution in [0.1, 0.15) is 31.0 Å². The van der Waals surface area contributed by atoms with Crippen LogP contribution < -0.4 is 5.73 Å². The van der Waals surface area contributed by atoms with Crippen LogP contribution in [-0.4, -0.2) is 35.7 Å². The van der Waals surface area contributed by atoms with Gasteiger partial charge in [-0.1, -0.05) is 6.07 Å². The smallest absolute Gasteiger partial charge is 0.0777 e. The molecule has 1 saturated heterocycles. The fraction of sp³-hybridized carbons (Fsp3) is 0.643. The highest BCUT2D eigenvalue weighted by molar-refractivity contribution is 5.19. The second-order valence-electron chi connectivity index (χ2n) is 5.28. The van der Waals surface area contributed by atoms with E-state index in [0.29, 0.717) is 6.54 Å². The molecule has 1 aliphatic rings. The molecule has 2 rings (SSSR count). The average molecular weight is 249 g/mol. The van der Waals surface area contributed by atoms with Crippen molar-refractivity contribution in [2.45, 2.75) is 38.5 Å². The molecule has 1 aliphatic heterocycles. The number of nitrogens with zero attached hydrogens (tertiary/aromatic N) is 2. The van der Waals surface area contributed by atoms with Crippen LogP contribution in [0.5, 0.6) is 0 Å². The Morgan fingerprint density at radius 2 is 2.39 bits per heavy atom. The van der Waals surface area contributed by atoms with Gasteiger partial charge in [-0.15, -0.1) is 0 Å². The van der Waals surface area contributed by atoms with Crippen molar-refractivity contribution in [3.8, 4) is 0 Å². The molecule has 1 unspecified atom stereocenters. The van der Waals surface area contributed by atoms with E-state index in [1.165, 1.54) is 12.0 Å². The van der Waals surface area contributed by atoms with Gasteiger partial charge in [-0.2, -0.15) is 0 Å². The quantitative estimate of drug-likeness (QED) is 0.879. The summed E-state index contributed by atoms with van der Waals surface area (Å²) in [5.41, 5.74) is 7.96. The molecule has 2 heterocycles. The maximum absolute atomic E-state index is 5.73. The van der Waals surface area contributed by atoms with Crippen LogP contribution in [0.3, 0.4) is 0 Å². The zero-order chi connectivity index (χ0) is 13.0. The van der Waals surface area contributed by atoms with Crippen LogP contribution in [0.25, 0.3) is 0 Å². The Hall–Kier alpha value is -0.970. The monoisotopic (exact) mass is 249 g/mol. The zero-order valence-corrected chi connectivity index (χ0v) is 11.4. The van der Waals surface area contributed by atoms with Gasteiger partial charge in [-0.3, -0.25) is 9.88 Å². The molecule has 0 spiro atoms. The Morgan fingerprint density at radius 3 is 3.11 bits per heavy atom. The second kappa shape index (κ2) is 5.78. The van der Waals surface area contributed by atoms with Crippen molar-refractivity contribution in [3.63, 3.8) is 0 Å². The lowest BCUT2D eigenvalue weighted by Gasteiger charge is -2.39. The van der Waals surface area contributed by atoms with E-state index in [0.717, 1.165) is 31.7 Å². The number of hydrogen-bond acceptors (Lipinski definition) is 4. The molecule has 0 radical (unpaired) electrons. The SMILES string of the molecule is COC1(C)CCCN(Cc2cccnc2CN)C1. The molecule has 1 atom stereocenters. The molecule has 0 bridgehead atoms. The van der Waals surface area contributed by atoms with Crippen molar-refractivity contribution in [1.82, 2.24) is 9.88 Å². The first-order valence-electron chi connectivity index (χ1n) is 6.57. The molecule has 2 N–H and O–H groups in total. The van der Waals surface area contributed by atoms with E-state index in [2.05, 4.69) is 22.9 Å². The highest BCUT2D eigenvalue weighted by Gasteiger charge is 2.30. The number of rotatable bonds is 4. The first-order valence-corrected chi connectivity index (χ1v) is 6.57. The second-order valence-corrected chi connectivity index (χ2v) is 5.28. The summed E-state index contributed by atoms with van der Waals surface area (Å²) in [5, 5.41) is 0. The minimum atomic E-state index is -0.0106.